The summed E-state index contributed by atoms with van der Waals surface area (Å²) in [5.41, 5.74) is 5.98. The zero-order valence-corrected chi connectivity index (χ0v) is 11.3. The van der Waals surface area contributed by atoms with Crippen molar-refractivity contribution in [1.29, 1.82) is 5.26 Å². The molecule has 5 heteroatoms. The van der Waals surface area contributed by atoms with Gasteiger partial charge >= 0.3 is 0 Å². The first kappa shape index (κ1) is 13.5. The number of benzene rings is 1. The van der Waals surface area contributed by atoms with Crippen LogP contribution in [0.5, 0.6) is 0 Å². The summed E-state index contributed by atoms with van der Waals surface area (Å²) in [7, 11) is 0. The second kappa shape index (κ2) is 5.19. The van der Waals surface area contributed by atoms with Gasteiger partial charge in [0.15, 0.2) is 0 Å². The molecule has 1 aromatic rings. The van der Waals surface area contributed by atoms with E-state index in [1.54, 1.807) is 32.0 Å². The molecule has 0 saturated heterocycles. The van der Waals surface area contributed by atoms with Crippen molar-refractivity contribution in [3.63, 3.8) is 0 Å². The third-order valence-corrected chi connectivity index (χ3v) is 2.75. The molecule has 0 unspecified atom stereocenters. The first-order valence-corrected chi connectivity index (χ1v) is 5.89. The number of rotatable bonds is 3. The summed E-state index contributed by atoms with van der Waals surface area (Å²) in [5, 5.41) is 11.5. The molecule has 1 amide bonds. The number of nitrogens with two attached hydrogens (primary N) is 1. The molecule has 0 bridgehead atoms. The standard InChI is InChI=1S/C12H14BrN3O/c1-12(2,6-14)7-16-11(17)9-4-3-8(13)5-10(9)15/h3-5H,7,15H2,1-2H3,(H,16,17). The third-order valence-electron chi connectivity index (χ3n) is 2.25. The maximum Gasteiger partial charge on any atom is 0.253 e. The van der Waals surface area contributed by atoms with E-state index in [2.05, 4.69) is 27.3 Å². The van der Waals surface area contributed by atoms with Crippen LogP contribution in [-0.2, 0) is 0 Å². The smallest absolute Gasteiger partial charge is 0.253 e. The molecule has 1 aromatic carbocycles. The zero-order valence-electron chi connectivity index (χ0n) is 9.75. The fraction of sp³-hybridized carbons (Fsp3) is 0.333. The summed E-state index contributed by atoms with van der Waals surface area (Å²) >= 11 is 3.27. The number of carbonyl (C=O) groups excluding carboxylic acids is 1. The lowest BCUT2D eigenvalue weighted by Crippen LogP contribution is -2.33. The van der Waals surface area contributed by atoms with Gasteiger partial charge < -0.3 is 11.1 Å². The van der Waals surface area contributed by atoms with Gasteiger partial charge in [0.2, 0.25) is 0 Å². The molecule has 0 atom stereocenters. The summed E-state index contributed by atoms with van der Waals surface area (Å²) < 4.78 is 0.823. The Morgan fingerprint density at radius 1 is 1.59 bits per heavy atom. The van der Waals surface area contributed by atoms with Crippen molar-refractivity contribution in [3.8, 4) is 6.07 Å². The molecule has 0 spiro atoms. The van der Waals surface area contributed by atoms with E-state index in [4.69, 9.17) is 11.0 Å². The van der Waals surface area contributed by atoms with Crippen LogP contribution in [0.2, 0.25) is 0 Å². The van der Waals surface area contributed by atoms with Gasteiger partial charge in [0.05, 0.1) is 17.0 Å². The number of nitrogen functional groups attached to an aromatic ring is 1. The molecule has 0 aliphatic rings. The minimum absolute atomic E-state index is 0.265. The van der Waals surface area contributed by atoms with Gasteiger partial charge in [-0.25, -0.2) is 0 Å². The average Bonchev–Trinajstić information content (AvgIpc) is 2.26. The molecule has 0 aliphatic heterocycles. The number of anilines is 1. The maximum atomic E-state index is 11.8. The highest BCUT2D eigenvalue weighted by Gasteiger charge is 2.18. The molecule has 0 radical (unpaired) electrons. The molecule has 0 aliphatic carbocycles. The monoisotopic (exact) mass is 295 g/mol. The van der Waals surface area contributed by atoms with E-state index in [0.29, 0.717) is 11.3 Å². The summed E-state index contributed by atoms with van der Waals surface area (Å²) in [5.74, 6) is -0.265. The summed E-state index contributed by atoms with van der Waals surface area (Å²) in [6.07, 6.45) is 0. The molecular formula is C12H14BrN3O. The van der Waals surface area contributed by atoms with Crippen LogP contribution in [0.1, 0.15) is 24.2 Å². The number of halogens is 1. The van der Waals surface area contributed by atoms with Crippen LogP contribution in [0.25, 0.3) is 0 Å². The van der Waals surface area contributed by atoms with Crippen molar-refractivity contribution in [2.24, 2.45) is 5.41 Å². The molecule has 4 nitrogen and oxygen atoms in total. The SMILES string of the molecule is CC(C)(C#N)CNC(=O)c1ccc(Br)cc1N. The highest BCUT2D eigenvalue weighted by atomic mass is 79.9. The maximum absolute atomic E-state index is 11.8. The van der Waals surface area contributed by atoms with Gasteiger partial charge in [-0.15, -0.1) is 0 Å². The highest BCUT2D eigenvalue weighted by molar-refractivity contribution is 9.10. The van der Waals surface area contributed by atoms with Crippen molar-refractivity contribution in [2.45, 2.75) is 13.8 Å². The predicted octanol–water partition coefficient (Wildman–Crippen LogP) is 2.31. The van der Waals surface area contributed by atoms with Crippen molar-refractivity contribution < 1.29 is 4.79 Å². The molecule has 0 fully saturated rings. The zero-order chi connectivity index (χ0) is 13.1. The molecule has 0 heterocycles. The topological polar surface area (TPSA) is 78.9 Å². The van der Waals surface area contributed by atoms with E-state index in [1.165, 1.54) is 0 Å². The Morgan fingerprint density at radius 2 is 2.24 bits per heavy atom. The van der Waals surface area contributed by atoms with Crippen molar-refractivity contribution in [2.75, 3.05) is 12.3 Å². The lowest BCUT2D eigenvalue weighted by atomic mass is 9.96. The number of carbonyl (C=O) groups is 1. The largest absolute Gasteiger partial charge is 0.398 e. The lowest BCUT2D eigenvalue weighted by Gasteiger charge is -2.16. The Kier molecular flexibility index (Phi) is 4.13. The summed E-state index contributed by atoms with van der Waals surface area (Å²) in [6, 6.07) is 7.19. The van der Waals surface area contributed by atoms with Crippen LogP contribution < -0.4 is 11.1 Å². The van der Waals surface area contributed by atoms with Crippen LogP contribution in [-0.4, -0.2) is 12.5 Å². The summed E-state index contributed by atoms with van der Waals surface area (Å²) in [6.45, 7) is 3.81. The van der Waals surface area contributed by atoms with Gasteiger partial charge in [-0.1, -0.05) is 15.9 Å². The molecule has 90 valence electrons. The fourth-order valence-electron chi connectivity index (χ4n) is 1.18. The van der Waals surface area contributed by atoms with Gasteiger partial charge in [0.25, 0.3) is 5.91 Å². The minimum atomic E-state index is -0.584. The van der Waals surface area contributed by atoms with Gasteiger partial charge in [0.1, 0.15) is 0 Å². The van der Waals surface area contributed by atoms with E-state index in [1.807, 2.05) is 0 Å². The quantitative estimate of drug-likeness (QED) is 0.840. The molecule has 17 heavy (non-hydrogen) atoms. The molecule has 0 saturated carbocycles. The Hall–Kier alpha value is -1.54. The number of hydrogen-bond donors (Lipinski definition) is 2. The second-order valence-electron chi connectivity index (χ2n) is 4.41. The molecule has 3 N–H and O–H groups in total. The Morgan fingerprint density at radius 3 is 2.76 bits per heavy atom. The van der Waals surface area contributed by atoms with Crippen LogP contribution in [0.4, 0.5) is 5.69 Å². The Balaban J connectivity index is 2.75. The molecular weight excluding hydrogens is 282 g/mol. The van der Waals surface area contributed by atoms with Crippen LogP contribution in [0, 0.1) is 16.7 Å². The van der Waals surface area contributed by atoms with Crippen molar-refractivity contribution >= 4 is 27.5 Å². The Labute approximate surface area is 109 Å². The van der Waals surface area contributed by atoms with E-state index in [0.717, 1.165) is 4.47 Å². The van der Waals surface area contributed by atoms with E-state index >= 15 is 0 Å². The second-order valence-corrected chi connectivity index (χ2v) is 5.33. The van der Waals surface area contributed by atoms with Gasteiger partial charge in [-0.3, -0.25) is 4.79 Å². The first-order chi connectivity index (χ1) is 7.85. The van der Waals surface area contributed by atoms with Crippen molar-refractivity contribution in [3.05, 3.63) is 28.2 Å². The lowest BCUT2D eigenvalue weighted by molar-refractivity contribution is 0.0944. The first-order valence-electron chi connectivity index (χ1n) is 5.10. The van der Waals surface area contributed by atoms with Crippen LogP contribution in [0.3, 0.4) is 0 Å². The van der Waals surface area contributed by atoms with Gasteiger partial charge in [-0.05, 0) is 32.0 Å². The minimum Gasteiger partial charge on any atom is -0.398 e. The number of nitrogens with zero attached hydrogens (tertiary/aromatic N) is 1. The van der Waals surface area contributed by atoms with Crippen LogP contribution >= 0.6 is 15.9 Å². The van der Waals surface area contributed by atoms with E-state index in [9.17, 15) is 4.79 Å². The summed E-state index contributed by atoms with van der Waals surface area (Å²) in [4.78, 5) is 11.8. The van der Waals surface area contributed by atoms with Gasteiger partial charge in [0, 0.05) is 16.7 Å². The number of amides is 1. The number of nitriles is 1. The molecule has 1 rings (SSSR count). The number of hydrogen-bond acceptors (Lipinski definition) is 3. The number of nitrogens with one attached hydrogen (secondary N) is 1. The van der Waals surface area contributed by atoms with Gasteiger partial charge in [-0.2, -0.15) is 5.26 Å². The highest BCUT2D eigenvalue weighted by Crippen LogP contribution is 2.19. The molecule has 0 aromatic heterocycles. The normalized spacial score (nSPS) is 10.7. The van der Waals surface area contributed by atoms with E-state index in [-0.39, 0.29) is 12.5 Å². The third kappa shape index (κ3) is 3.75. The Bertz CT molecular complexity index is 477. The van der Waals surface area contributed by atoms with Crippen molar-refractivity contribution in [1.82, 2.24) is 5.32 Å². The fourth-order valence-corrected chi connectivity index (χ4v) is 1.56. The van der Waals surface area contributed by atoms with E-state index < -0.39 is 5.41 Å². The predicted molar refractivity (Wildman–Crippen MR) is 70.3 cm³/mol. The average molecular weight is 296 g/mol. The van der Waals surface area contributed by atoms with Crippen LogP contribution in [0.15, 0.2) is 22.7 Å².